The molecule has 0 aromatic carbocycles. The van der Waals surface area contributed by atoms with Crippen molar-refractivity contribution in [3.05, 3.63) is 12.2 Å². The predicted molar refractivity (Wildman–Crippen MR) is 60.1 cm³/mol. The van der Waals surface area contributed by atoms with Crippen molar-refractivity contribution in [1.82, 2.24) is 10.6 Å². The van der Waals surface area contributed by atoms with Crippen molar-refractivity contribution in [3.63, 3.8) is 0 Å². The predicted octanol–water partition coefficient (Wildman–Crippen LogP) is 1.31. The molecule has 0 heterocycles. The minimum Gasteiger partial charge on any atom is -0.359 e. The van der Waals surface area contributed by atoms with Gasteiger partial charge in [-0.2, -0.15) is 0 Å². The maximum absolute atomic E-state index is 11.4. The van der Waals surface area contributed by atoms with Crippen LogP contribution in [0.25, 0.3) is 0 Å². The second kappa shape index (κ2) is 5.81. The fourth-order valence-electron chi connectivity index (χ4n) is 1.12. The molecule has 0 aliphatic heterocycles. The van der Waals surface area contributed by atoms with Crippen molar-refractivity contribution >= 4 is 5.91 Å². The van der Waals surface area contributed by atoms with Gasteiger partial charge in [0.1, 0.15) is 0 Å². The van der Waals surface area contributed by atoms with E-state index in [0.717, 1.165) is 18.5 Å². The van der Waals surface area contributed by atoms with Crippen LogP contribution in [0, 0.1) is 5.41 Å². The summed E-state index contributed by atoms with van der Waals surface area (Å²) in [6.07, 6.45) is 0.962. The molecule has 0 aliphatic rings. The average Bonchev–Trinajstić information content (AvgIpc) is 2.10. The summed E-state index contributed by atoms with van der Waals surface area (Å²) in [5, 5.41) is 5.91. The molecule has 3 heteroatoms. The van der Waals surface area contributed by atoms with Crippen LogP contribution in [0.1, 0.15) is 27.2 Å². The molecule has 0 aromatic heterocycles. The Hall–Kier alpha value is -0.830. The number of carbonyl (C=O) groups excluding carboxylic acids is 1. The lowest BCUT2D eigenvalue weighted by atomic mass is 9.92. The van der Waals surface area contributed by atoms with Gasteiger partial charge in [0, 0.05) is 13.6 Å². The molecule has 2 N–H and O–H groups in total. The summed E-state index contributed by atoms with van der Waals surface area (Å²) in [6.45, 7) is 11.3. The van der Waals surface area contributed by atoms with Crippen molar-refractivity contribution in [2.75, 3.05) is 20.1 Å². The standard InChI is InChI=1S/C11H22N2O/c1-9(2)6-7-13-8-11(3,4)10(14)12-5/h13H,1,6-8H2,2-5H3,(H,12,14). The highest BCUT2D eigenvalue weighted by molar-refractivity contribution is 5.81. The molecule has 14 heavy (non-hydrogen) atoms. The van der Waals surface area contributed by atoms with Crippen molar-refractivity contribution in [2.24, 2.45) is 5.41 Å². The zero-order valence-corrected chi connectivity index (χ0v) is 9.74. The molecule has 0 bridgehead atoms. The second-order valence-electron chi connectivity index (χ2n) is 4.35. The molecule has 0 aliphatic carbocycles. The largest absolute Gasteiger partial charge is 0.359 e. The molecule has 0 rings (SSSR count). The number of rotatable bonds is 6. The van der Waals surface area contributed by atoms with Crippen LogP contribution < -0.4 is 10.6 Å². The lowest BCUT2D eigenvalue weighted by Crippen LogP contribution is -2.42. The minimum absolute atomic E-state index is 0.0697. The monoisotopic (exact) mass is 198 g/mol. The van der Waals surface area contributed by atoms with E-state index in [2.05, 4.69) is 17.2 Å². The van der Waals surface area contributed by atoms with Crippen molar-refractivity contribution in [1.29, 1.82) is 0 Å². The Kier molecular flexibility index (Phi) is 5.46. The first kappa shape index (κ1) is 13.2. The fraction of sp³-hybridized carbons (Fsp3) is 0.727. The Bertz CT molecular complexity index is 209. The van der Waals surface area contributed by atoms with Crippen molar-refractivity contribution in [2.45, 2.75) is 27.2 Å². The molecule has 0 saturated heterocycles. The van der Waals surface area contributed by atoms with Gasteiger partial charge in [-0.3, -0.25) is 4.79 Å². The lowest BCUT2D eigenvalue weighted by Gasteiger charge is -2.22. The highest BCUT2D eigenvalue weighted by Gasteiger charge is 2.25. The fourth-order valence-corrected chi connectivity index (χ4v) is 1.12. The van der Waals surface area contributed by atoms with Gasteiger partial charge in [0.15, 0.2) is 0 Å². The molecule has 0 aromatic rings. The molecule has 0 fully saturated rings. The third-order valence-electron chi connectivity index (χ3n) is 2.14. The van der Waals surface area contributed by atoms with E-state index in [1.54, 1.807) is 7.05 Å². The van der Waals surface area contributed by atoms with Gasteiger partial charge >= 0.3 is 0 Å². The molecular weight excluding hydrogens is 176 g/mol. The Morgan fingerprint density at radius 1 is 1.43 bits per heavy atom. The third-order valence-corrected chi connectivity index (χ3v) is 2.14. The number of amides is 1. The smallest absolute Gasteiger partial charge is 0.226 e. The summed E-state index contributed by atoms with van der Waals surface area (Å²) in [5.74, 6) is 0.0697. The average molecular weight is 198 g/mol. The zero-order chi connectivity index (χ0) is 11.2. The molecule has 0 radical (unpaired) electrons. The summed E-state index contributed by atoms with van der Waals surface area (Å²) >= 11 is 0. The zero-order valence-electron chi connectivity index (χ0n) is 9.74. The van der Waals surface area contributed by atoms with E-state index in [9.17, 15) is 4.79 Å². The highest BCUT2D eigenvalue weighted by Crippen LogP contribution is 2.12. The Morgan fingerprint density at radius 2 is 2.00 bits per heavy atom. The van der Waals surface area contributed by atoms with Crippen LogP contribution in [0.3, 0.4) is 0 Å². The van der Waals surface area contributed by atoms with Crippen LogP contribution in [-0.2, 0) is 4.79 Å². The van der Waals surface area contributed by atoms with Crippen LogP contribution in [0.5, 0.6) is 0 Å². The first-order valence-electron chi connectivity index (χ1n) is 4.97. The quantitative estimate of drug-likeness (QED) is 0.499. The molecule has 3 nitrogen and oxygen atoms in total. The number of carbonyl (C=O) groups is 1. The van der Waals surface area contributed by atoms with Crippen LogP contribution in [0.4, 0.5) is 0 Å². The SMILES string of the molecule is C=C(C)CCNCC(C)(C)C(=O)NC. The molecule has 82 valence electrons. The minimum atomic E-state index is -0.343. The van der Waals surface area contributed by atoms with E-state index >= 15 is 0 Å². The molecule has 0 spiro atoms. The van der Waals surface area contributed by atoms with Crippen molar-refractivity contribution in [3.8, 4) is 0 Å². The topological polar surface area (TPSA) is 41.1 Å². The van der Waals surface area contributed by atoms with E-state index in [1.165, 1.54) is 0 Å². The Labute approximate surface area is 87.0 Å². The van der Waals surface area contributed by atoms with E-state index in [4.69, 9.17) is 0 Å². The van der Waals surface area contributed by atoms with Gasteiger partial charge in [-0.15, -0.1) is 6.58 Å². The number of hydrogen-bond acceptors (Lipinski definition) is 2. The summed E-state index contributed by atoms with van der Waals surface area (Å²) in [7, 11) is 1.66. The maximum Gasteiger partial charge on any atom is 0.226 e. The molecule has 1 amide bonds. The molecule has 0 saturated carbocycles. The Balaban J connectivity index is 3.76. The third kappa shape index (κ3) is 5.02. The van der Waals surface area contributed by atoms with E-state index in [-0.39, 0.29) is 11.3 Å². The lowest BCUT2D eigenvalue weighted by molar-refractivity contribution is -0.128. The first-order valence-corrected chi connectivity index (χ1v) is 4.97. The molecule has 0 unspecified atom stereocenters. The van der Waals surface area contributed by atoms with Gasteiger partial charge in [0.05, 0.1) is 5.41 Å². The molecule has 0 atom stereocenters. The first-order chi connectivity index (χ1) is 6.40. The summed E-state index contributed by atoms with van der Waals surface area (Å²) in [5.41, 5.74) is 0.819. The van der Waals surface area contributed by atoms with Gasteiger partial charge in [0.2, 0.25) is 5.91 Å². The van der Waals surface area contributed by atoms with E-state index in [0.29, 0.717) is 6.54 Å². The van der Waals surface area contributed by atoms with E-state index in [1.807, 2.05) is 20.8 Å². The van der Waals surface area contributed by atoms with E-state index < -0.39 is 0 Å². The van der Waals surface area contributed by atoms with Gasteiger partial charge in [-0.1, -0.05) is 5.57 Å². The number of nitrogens with one attached hydrogen (secondary N) is 2. The maximum atomic E-state index is 11.4. The molecular formula is C11H22N2O. The summed E-state index contributed by atoms with van der Waals surface area (Å²) in [6, 6.07) is 0. The summed E-state index contributed by atoms with van der Waals surface area (Å²) in [4.78, 5) is 11.4. The van der Waals surface area contributed by atoms with Gasteiger partial charge in [-0.05, 0) is 33.7 Å². The van der Waals surface area contributed by atoms with Crippen LogP contribution in [0.2, 0.25) is 0 Å². The highest BCUT2D eigenvalue weighted by atomic mass is 16.2. The summed E-state index contributed by atoms with van der Waals surface area (Å²) < 4.78 is 0. The Morgan fingerprint density at radius 3 is 2.43 bits per heavy atom. The van der Waals surface area contributed by atoms with Gasteiger partial charge < -0.3 is 10.6 Å². The van der Waals surface area contributed by atoms with Crippen LogP contribution in [0.15, 0.2) is 12.2 Å². The van der Waals surface area contributed by atoms with Gasteiger partial charge in [-0.25, -0.2) is 0 Å². The number of hydrogen-bond donors (Lipinski definition) is 2. The normalized spacial score (nSPS) is 11.1. The second-order valence-corrected chi connectivity index (χ2v) is 4.35. The van der Waals surface area contributed by atoms with Crippen LogP contribution in [-0.4, -0.2) is 26.0 Å². The van der Waals surface area contributed by atoms with Crippen molar-refractivity contribution < 1.29 is 4.79 Å². The van der Waals surface area contributed by atoms with Gasteiger partial charge in [0.25, 0.3) is 0 Å². The van der Waals surface area contributed by atoms with Crippen LogP contribution >= 0.6 is 0 Å².